The summed E-state index contributed by atoms with van der Waals surface area (Å²) in [5, 5.41) is 7.63. The van der Waals surface area contributed by atoms with Gasteiger partial charge in [-0.25, -0.2) is 19.9 Å². The van der Waals surface area contributed by atoms with Gasteiger partial charge in [-0.3, -0.25) is 4.68 Å². The maximum Gasteiger partial charge on any atom is 0.232 e. The number of rotatable bonds is 8. The molecule has 0 aliphatic carbocycles. The lowest BCUT2D eigenvalue weighted by Gasteiger charge is -2.34. The van der Waals surface area contributed by atoms with E-state index in [1.54, 1.807) is 6.20 Å². The molecule has 12 heteroatoms. The lowest BCUT2D eigenvalue weighted by molar-refractivity contribution is -0.0946. The first kappa shape index (κ1) is 24.2. The lowest BCUT2D eigenvalue weighted by atomic mass is 10.1. The Labute approximate surface area is 220 Å². The average molecular weight is 515 g/mol. The molecule has 0 saturated carbocycles. The highest BCUT2D eigenvalue weighted by atomic mass is 16.6. The van der Waals surface area contributed by atoms with Crippen LogP contribution in [0.3, 0.4) is 0 Å². The quantitative estimate of drug-likeness (QED) is 0.371. The molecule has 12 nitrogen and oxygen atoms in total. The molecule has 1 unspecified atom stereocenters. The molecule has 0 amide bonds. The first-order valence-electron chi connectivity index (χ1n) is 12.8. The molecular formula is C26H30N10O2. The molecule has 2 fully saturated rings. The highest BCUT2D eigenvalue weighted by Crippen LogP contribution is 2.18. The third-order valence-corrected chi connectivity index (χ3v) is 6.51. The average Bonchev–Trinajstić information content (AvgIpc) is 3.41. The molecule has 2 aliphatic heterocycles. The first-order chi connectivity index (χ1) is 18.8. The Morgan fingerprint density at radius 3 is 2.39 bits per heavy atom. The van der Waals surface area contributed by atoms with Crippen molar-refractivity contribution in [1.82, 2.24) is 34.7 Å². The van der Waals surface area contributed by atoms with Gasteiger partial charge in [0.2, 0.25) is 17.8 Å². The van der Waals surface area contributed by atoms with Crippen molar-refractivity contribution in [2.75, 3.05) is 61.1 Å². The summed E-state index contributed by atoms with van der Waals surface area (Å²) in [5.41, 5.74) is 3.16. The molecule has 2 aliphatic rings. The van der Waals surface area contributed by atoms with Gasteiger partial charge in [0.1, 0.15) is 12.4 Å². The number of ether oxygens (including phenoxy) is 2. The predicted molar refractivity (Wildman–Crippen MR) is 142 cm³/mol. The van der Waals surface area contributed by atoms with E-state index in [-0.39, 0.29) is 6.10 Å². The molecular weight excluding hydrogens is 484 g/mol. The van der Waals surface area contributed by atoms with Crippen molar-refractivity contribution in [3.05, 3.63) is 72.6 Å². The zero-order valence-electron chi connectivity index (χ0n) is 21.1. The monoisotopic (exact) mass is 514 g/mol. The number of nitrogens with one attached hydrogen (secondary N) is 1. The third-order valence-electron chi connectivity index (χ3n) is 6.51. The van der Waals surface area contributed by atoms with Crippen LogP contribution in [0.15, 0.2) is 61.4 Å². The summed E-state index contributed by atoms with van der Waals surface area (Å²) in [6, 6.07) is 10.4. The van der Waals surface area contributed by atoms with E-state index >= 15 is 0 Å². The standard InChI is InChI=1S/C26H30N10O2/c1-2-4-20(5-3-1)12-21-13-27-25(28-14-21)34-6-8-35(9-7-34)26-30-19-29-24(33-26)32-22-15-31-36(16-22)17-23-18-37-10-11-38-23/h1-5,13-16,19,23H,6-12,17-18H2,(H,29,30,32,33). The number of benzene rings is 1. The van der Waals surface area contributed by atoms with Crippen LogP contribution in [0.1, 0.15) is 11.1 Å². The van der Waals surface area contributed by atoms with Crippen molar-refractivity contribution in [3.63, 3.8) is 0 Å². The van der Waals surface area contributed by atoms with E-state index in [1.807, 2.05) is 41.5 Å². The van der Waals surface area contributed by atoms with Gasteiger partial charge in [-0.05, 0) is 11.1 Å². The SMILES string of the molecule is c1ccc(Cc2cnc(N3CCN(c4ncnc(Nc5cnn(CC6COCCO6)c5)n4)CC3)nc2)cc1. The van der Waals surface area contributed by atoms with Crippen molar-refractivity contribution in [2.45, 2.75) is 19.1 Å². The Bertz CT molecular complexity index is 1300. The van der Waals surface area contributed by atoms with Crippen LogP contribution in [-0.4, -0.2) is 86.8 Å². The maximum absolute atomic E-state index is 5.70. The minimum Gasteiger partial charge on any atom is -0.376 e. The van der Waals surface area contributed by atoms with E-state index < -0.39 is 0 Å². The van der Waals surface area contributed by atoms with Crippen molar-refractivity contribution < 1.29 is 9.47 Å². The predicted octanol–water partition coefficient (Wildman–Crippen LogP) is 1.93. The number of piperazine rings is 1. The minimum absolute atomic E-state index is 0.0107. The van der Waals surface area contributed by atoms with Crippen molar-refractivity contribution in [3.8, 4) is 0 Å². The van der Waals surface area contributed by atoms with Crippen molar-refractivity contribution in [2.24, 2.45) is 0 Å². The second-order valence-corrected chi connectivity index (χ2v) is 9.28. The fraction of sp³-hybridized carbons (Fsp3) is 0.385. The summed E-state index contributed by atoms with van der Waals surface area (Å²) in [7, 11) is 0. The number of anilines is 4. The number of aromatic nitrogens is 7. The van der Waals surface area contributed by atoms with Crippen LogP contribution in [0.4, 0.5) is 23.5 Å². The molecule has 6 rings (SSSR count). The van der Waals surface area contributed by atoms with E-state index in [9.17, 15) is 0 Å². The molecule has 0 spiro atoms. The summed E-state index contributed by atoms with van der Waals surface area (Å²) in [6.07, 6.45) is 9.87. The smallest absolute Gasteiger partial charge is 0.232 e. The number of hydrogen-bond donors (Lipinski definition) is 1. The Morgan fingerprint density at radius 2 is 1.63 bits per heavy atom. The fourth-order valence-corrected chi connectivity index (χ4v) is 4.55. The Hall–Kier alpha value is -4.16. The van der Waals surface area contributed by atoms with Gasteiger partial charge < -0.3 is 24.6 Å². The van der Waals surface area contributed by atoms with Crippen LogP contribution in [0.25, 0.3) is 0 Å². The number of hydrogen-bond acceptors (Lipinski definition) is 11. The van der Waals surface area contributed by atoms with E-state index in [1.165, 1.54) is 11.9 Å². The third kappa shape index (κ3) is 6.03. The second kappa shape index (κ2) is 11.5. The van der Waals surface area contributed by atoms with Crippen molar-refractivity contribution in [1.29, 1.82) is 0 Å². The molecule has 1 aromatic carbocycles. The molecule has 38 heavy (non-hydrogen) atoms. The Morgan fingerprint density at radius 1 is 0.842 bits per heavy atom. The summed E-state index contributed by atoms with van der Waals surface area (Å²) in [6.45, 7) is 5.58. The van der Waals surface area contributed by atoms with Crippen LogP contribution in [0, 0.1) is 0 Å². The Balaban J connectivity index is 1.02. The molecule has 0 bridgehead atoms. The maximum atomic E-state index is 5.70. The molecule has 196 valence electrons. The highest BCUT2D eigenvalue weighted by molar-refractivity contribution is 5.51. The summed E-state index contributed by atoms with van der Waals surface area (Å²) >= 11 is 0. The van der Waals surface area contributed by atoms with Gasteiger partial charge >= 0.3 is 0 Å². The highest BCUT2D eigenvalue weighted by Gasteiger charge is 2.21. The van der Waals surface area contributed by atoms with Gasteiger partial charge in [0.05, 0.1) is 38.2 Å². The summed E-state index contributed by atoms with van der Waals surface area (Å²) < 4.78 is 13.0. The van der Waals surface area contributed by atoms with E-state index in [4.69, 9.17) is 9.47 Å². The van der Waals surface area contributed by atoms with Crippen LogP contribution < -0.4 is 15.1 Å². The number of nitrogens with zero attached hydrogens (tertiary/aromatic N) is 9. The summed E-state index contributed by atoms with van der Waals surface area (Å²) in [5.74, 6) is 1.87. The molecule has 0 radical (unpaired) electrons. The molecule has 2 saturated heterocycles. The molecule has 3 aromatic heterocycles. The molecule has 1 N–H and O–H groups in total. The van der Waals surface area contributed by atoms with E-state index in [2.05, 4.69) is 57.3 Å². The lowest BCUT2D eigenvalue weighted by Crippen LogP contribution is -2.47. The van der Waals surface area contributed by atoms with Gasteiger partial charge in [0.15, 0.2) is 0 Å². The van der Waals surface area contributed by atoms with Gasteiger partial charge in [-0.1, -0.05) is 30.3 Å². The van der Waals surface area contributed by atoms with Crippen LogP contribution in [-0.2, 0) is 22.4 Å². The normalized spacial score (nSPS) is 17.9. The molecule has 5 heterocycles. The largest absolute Gasteiger partial charge is 0.376 e. The Kier molecular flexibility index (Phi) is 7.31. The van der Waals surface area contributed by atoms with Gasteiger partial charge in [0.25, 0.3) is 0 Å². The molecule has 4 aromatic rings. The van der Waals surface area contributed by atoms with Gasteiger partial charge in [0, 0.05) is 51.2 Å². The zero-order chi connectivity index (χ0) is 25.6. The topological polar surface area (TPSA) is 119 Å². The van der Waals surface area contributed by atoms with Gasteiger partial charge in [-0.15, -0.1) is 0 Å². The molecule has 1 atom stereocenters. The minimum atomic E-state index is 0.0107. The van der Waals surface area contributed by atoms with E-state index in [0.717, 1.165) is 49.8 Å². The van der Waals surface area contributed by atoms with E-state index in [0.29, 0.717) is 38.3 Å². The van der Waals surface area contributed by atoms with Gasteiger partial charge in [-0.2, -0.15) is 10.1 Å². The van der Waals surface area contributed by atoms with Crippen LogP contribution in [0.2, 0.25) is 0 Å². The fourth-order valence-electron chi connectivity index (χ4n) is 4.55. The van der Waals surface area contributed by atoms with Crippen LogP contribution >= 0.6 is 0 Å². The second-order valence-electron chi connectivity index (χ2n) is 9.28. The van der Waals surface area contributed by atoms with Crippen molar-refractivity contribution >= 4 is 23.5 Å². The van der Waals surface area contributed by atoms with Crippen LogP contribution in [0.5, 0.6) is 0 Å². The zero-order valence-corrected chi connectivity index (χ0v) is 21.1. The summed E-state index contributed by atoms with van der Waals surface area (Å²) in [4.78, 5) is 26.9. The first-order valence-corrected chi connectivity index (χ1v) is 12.8.